The van der Waals surface area contributed by atoms with Gasteiger partial charge >= 0.3 is 0 Å². The van der Waals surface area contributed by atoms with Crippen LogP contribution in [0.2, 0.25) is 5.02 Å². The normalized spacial score (nSPS) is 19.4. The number of hydrogen-bond donors (Lipinski definition) is 2. The van der Waals surface area contributed by atoms with E-state index in [1.165, 1.54) is 0 Å². The molecular formula is C9H14ClN3O. The number of nitrogens with zero attached hydrogens (tertiary/aromatic N) is 2. The third-order valence-electron chi connectivity index (χ3n) is 2.51. The first-order valence-corrected chi connectivity index (χ1v) is 5.20. The van der Waals surface area contributed by atoms with E-state index in [1.807, 2.05) is 0 Å². The summed E-state index contributed by atoms with van der Waals surface area (Å²) >= 11 is 6.01. The van der Waals surface area contributed by atoms with Crippen molar-refractivity contribution in [3.63, 3.8) is 0 Å². The monoisotopic (exact) mass is 215 g/mol. The smallest absolute Gasteiger partial charge is 0.132 e. The van der Waals surface area contributed by atoms with E-state index in [4.69, 9.17) is 11.6 Å². The van der Waals surface area contributed by atoms with Gasteiger partial charge in [0.05, 0.1) is 16.9 Å². The van der Waals surface area contributed by atoms with Gasteiger partial charge in [0.1, 0.15) is 5.60 Å². The van der Waals surface area contributed by atoms with Crippen molar-refractivity contribution in [2.45, 2.75) is 25.5 Å². The Hall–Kier alpha value is -0.580. The molecule has 0 spiro atoms. The lowest BCUT2D eigenvalue weighted by Gasteiger charge is -2.38. The van der Waals surface area contributed by atoms with Crippen LogP contribution in [-0.4, -0.2) is 28.0 Å². The number of halogens is 1. The molecule has 78 valence electrons. The highest BCUT2D eigenvalue weighted by atomic mass is 35.5. The first kappa shape index (κ1) is 9.96. The van der Waals surface area contributed by atoms with Crippen LogP contribution in [0.1, 0.15) is 19.0 Å². The van der Waals surface area contributed by atoms with E-state index in [0.717, 1.165) is 18.7 Å². The molecule has 0 radical (unpaired) electrons. The highest BCUT2D eigenvalue weighted by Crippen LogP contribution is 2.31. The predicted octanol–water partition coefficient (Wildman–Crippen LogP) is 0.737. The van der Waals surface area contributed by atoms with Crippen LogP contribution < -0.4 is 5.32 Å². The summed E-state index contributed by atoms with van der Waals surface area (Å²) in [6, 6.07) is 0. The second-order valence-electron chi connectivity index (χ2n) is 3.70. The topological polar surface area (TPSA) is 50.1 Å². The van der Waals surface area contributed by atoms with Gasteiger partial charge in [-0.2, -0.15) is 5.10 Å². The Labute approximate surface area is 87.9 Å². The Bertz CT molecular complexity index is 333. The minimum atomic E-state index is -0.817. The van der Waals surface area contributed by atoms with Gasteiger partial charge in [-0.3, -0.25) is 4.68 Å². The summed E-state index contributed by atoms with van der Waals surface area (Å²) in [6.45, 7) is 3.98. The molecular weight excluding hydrogens is 202 g/mol. The Kier molecular flexibility index (Phi) is 2.51. The first-order chi connectivity index (χ1) is 6.67. The van der Waals surface area contributed by atoms with E-state index in [1.54, 1.807) is 10.9 Å². The summed E-state index contributed by atoms with van der Waals surface area (Å²) in [5.41, 5.74) is -0.0669. The lowest BCUT2D eigenvalue weighted by Crippen LogP contribution is -2.57. The average molecular weight is 216 g/mol. The molecule has 0 aromatic carbocycles. The molecule has 1 aliphatic heterocycles. The number of hydrogen-bond acceptors (Lipinski definition) is 3. The molecule has 4 nitrogen and oxygen atoms in total. The summed E-state index contributed by atoms with van der Waals surface area (Å²) in [6.07, 6.45) is 2.58. The molecule has 0 unspecified atom stereocenters. The predicted molar refractivity (Wildman–Crippen MR) is 54.3 cm³/mol. The number of nitrogens with one attached hydrogen (secondary N) is 1. The molecule has 1 saturated heterocycles. The number of aliphatic hydroxyl groups is 1. The quantitative estimate of drug-likeness (QED) is 0.782. The molecule has 2 rings (SSSR count). The maximum absolute atomic E-state index is 10.2. The van der Waals surface area contributed by atoms with Gasteiger partial charge < -0.3 is 10.4 Å². The lowest BCUT2D eigenvalue weighted by atomic mass is 9.93. The van der Waals surface area contributed by atoms with Gasteiger partial charge in [0, 0.05) is 19.6 Å². The van der Waals surface area contributed by atoms with Crippen LogP contribution >= 0.6 is 11.6 Å². The third-order valence-corrected chi connectivity index (χ3v) is 2.78. The zero-order valence-corrected chi connectivity index (χ0v) is 8.88. The minimum Gasteiger partial charge on any atom is -0.381 e. The van der Waals surface area contributed by atoms with Crippen molar-refractivity contribution in [3.8, 4) is 0 Å². The molecule has 2 heterocycles. The average Bonchev–Trinajstić information content (AvgIpc) is 2.45. The number of rotatable bonds is 3. The van der Waals surface area contributed by atoms with E-state index in [-0.39, 0.29) is 0 Å². The maximum atomic E-state index is 10.2. The molecule has 5 heteroatoms. The van der Waals surface area contributed by atoms with Crippen LogP contribution in [0.5, 0.6) is 0 Å². The number of aryl methyl sites for hydroxylation is 1. The fourth-order valence-corrected chi connectivity index (χ4v) is 2.05. The highest BCUT2D eigenvalue weighted by molar-refractivity contribution is 6.31. The summed E-state index contributed by atoms with van der Waals surface area (Å²) < 4.78 is 1.79. The Morgan fingerprint density at radius 3 is 2.93 bits per heavy atom. The van der Waals surface area contributed by atoms with Crippen molar-refractivity contribution in [2.75, 3.05) is 13.1 Å². The van der Waals surface area contributed by atoms with E-state index in [2.05, 4.69) is 17.3 Å². The summed E-state index contributed by atoms with van der Waals surface area (Å²) in [7, 11) is 0. The van der Waals surface area contributed by atoms with Crippen molar-refractivity contribution in [2.24, 2.45) is 0 Å². The lowest BCUT2D eigenvalue weighted by molar-refractivity contribution is -0.0225. The van der Waals surface area contributed by atoms with Crippen LogP contribution in [0, 0.1) is 0 Å². The van der Waals surface area contributed by atoms with Gasteiger partial charge in [0.25, 0.3) is 0 Å². The fourth-order valence-electron chi connectivity index (χ4n) is 1.74. The molecule has 0 saturated carbocycles. The van der Waals surface area contributed by atoms with Gasteiger partial charge in [-0.25, -0.2) is 0 Å². The van der Waals surface area contributed by atoms with Gasteiger partial charge in [-0.1, -0.05) is 18.5 Å². The van der Waals surface area contributed by atoms with Gasteiger partial charge in [0.15, 0.2) is 0 Å². The third kappa shape index (κ3) is 1.43. The number of β-amino-alcohol motifs (C(OH)–C–C–N with tert-alkyl or cyclic N) is 1. The van der Waals surface area contributed by atoms with Crippen molar-refractivity contribution >= 4 is 11.6 Å². The molecule has 0 amide bonds. The molecule has 1 aromatic heterocycles. The largest absolute Gasteiger partial charge is 0.381 e. The van der Waals surface area contributed by atoms with Crippen LogP contribution in [0.4, 0.5) is 0 Å². The van der Waals surface area contributed by atoms with Crippen LogP contribution in [-0.2, 0) is 12.1 Å². The highest BCUT2D eigenvalue weighted by Gasteiger charge is 2.40. The molecule has 1 aliphatic rings. The Morgan fingerprint density at radius 1 is 1.71 bits per heavy atom. The zero-order chi connectivity index (χ0) is 10.2. The molecule has 0 bridgehead atoms. The Balaban J connectivity index is 2.34. The molecule has 0 aliphatic carbocycles. The number of aromatic nitrogens is 2. The van der Waals surface area contributed by atoms with Gasteiger partial charge in [-0.05, 0) is 6.42 Å². The summed E-state index contributed by atoms with van der Waals surface area (Å²) in [5, 5.41) is 17.9. The standard InChI is InChI=1S/C9H14ClN3O/c1-2-3-13-8(7(10)4-12-13)9(14)5-11-6-9/h4,11,14H,2-3,5-6H2,1H3. The minimum absolute atomic E-state index is 0.558. The van der Waals surface area contributed by atoms with E-state index in [9.17, 15) is 5.11 Å². The first-order valence-electron chi connectivity index (χ1n) is 4.82. The summed E-state index contributed by atoms with van der Waals surface area (Å²) in [4.78, 5) is 0. The maximum Gasteiger partial charge on any atom is 0.132 e. The van der Waals surface area contributed by atoms with Crippen molar-refractivity contribution in [3.05, 3.63) is 16.9 Å². The van der Waals surface area contributed by atoms with Crippen LogP contribution in [0.15, 0.2) is 6.20 Å². The van der Waals surface area contributed by atoms with E-state index >= 15 is 0 Å². The summed E-state index contributed by atoms with van der Waals surface area (Å²) in [5.74, 6) is 0. The molecule has 0 atom stereocenters. The van der Waals surface area contributed by atoms with Crippen molar-refractivity contribution < 1.29 is 5.11 Å². The van der Waals surface area contributed by atoms with E-state index in [0.29, 0.717) is 18.1 Å². The fraction of sp³-hybridized carbons (Fsp3) is 0.667. The second kappa shape index (κ2) is 3.53. The molecule has 2 N–H and O–H groups in total. The van der Waals surface area contributed by atoms with Crippen molar-refractivity contribution in [1.29, 1.82) is 0 Å². The molecule has 14 heavy (non-hydrogen) atoms. The molecule has 1 aromatic rings. The van der Waals surface area contributed by atoms with Gasteiger partial charge in [-0.15, -0.1) is 0 Å². The Morgan fingerprint density at radius 2 is 2.43 bits per heavy atom. The molecule has 1 fully saturated rings. The second-order valence-corrected chi connectivity index (χ2v) is 4.11. The van der Waals surface area contributed by atoms with Crippen molar-refractivity contribution in [1.82, 2.24) is 15.1 Å². The van der Waals surface area contributed by atoms with E-state index < -0.39 is 5.60 Å². The zero-order valence-electron chi connectivity index (χ0n) is 8.13. The van der Waals surface area contributed by atoms with Gasteiger partial charge in [0.2, 0.25) is 0 Å². The SMILES string of the molecule is CCCn1ncc(Cl)c1C1(O)CNC1. The van der Waals surface area contributed by atoms with Crippen LogP contribution in [0.3, 0.4) is 0 Å². The van der Waals surface area contributed by atoms with Crippen LogP contribution in [0.25, 0.3) is 0 Å².